The molecule has 0 unspecified atom stereocenters. The molecule has 84 valence electrons. The van der Waals surface area contributed by atoms with Crippen LogP contribution in [0.1, 0.15) is 5.56 Å². The van der Waals surface area contributed by atoms with Crippen molar-refractivity contribution in [3.05, 3.63) is 52.5 Å². The number of benzene rings is 1. The fourth-order valence-corrected chi connectivity index (χ4v) is 1.51. The van der Waals surface area contributed by atoms with Gasteiger partial charge in [0, 0.05) is 22.7 Å². The molecule has 0 saturated heterocycles. The van der Waals surface area contributed by atoms with Crippen molar-refractivity contribution in [1.82, 2.24) is 5.32 Å². The summed E-state index contributed by atoms with van der Waals surface area (Å²) in [4.78, 5) is 11.2. The van der Waals surface area contributed by atoms with E-state index in [1.165, 1.54) is 6.08 Å². The molecule has 0 radical (unpaired) electrons. The summed E-state index contributed by atoms with van der Waals surface area (Å²) in [6.07, 6.45) is 4.66. The fraction of sp³-hybridized carbons (Fsp3) is 0.0833. The maximum atomic E-state index is 11.2. The number of carbonyl (C=O) groups excluding carboxylic acids is 1. The molecule has 1 N–H and O–H groups in total. The molecule has 0 aliphatic rings. The van der Waals surface area contributed by atoms with Crippen molar-refractivity contribution in [3.63, 3.8) is 0 Å². The molecule has 0 bridgehead atoms. The van der Waals surface area contributed by atoms with E-state index in [2.05, 4.69) is 11.9 Å². The molecule has 0 aromatic heterocycles. The molecule has 0 fully saturated rings. The molecule has 0 aliphatic carbocycles. The van der Waals surface area contributed by atoms with Crippen molar-refractivity contribution in [1.29, 1.82) is 0 Å². The van der Waals surface area contributed by atoms with Gasteiger partial charge in [-0.25, -0.2) is 0 Å². The highest BCUT2D eigenvalue weighted by atomic mass is 35.5. The Balaban J connectivity index is 2.68. The van der Waals surface area contributed by atoms with Crippen molar-refractivity contribution in [2.24, 2.45) is 0 Å². The molecular formula is C12H11Cl2NO. The number of rotatable bonds is 4. The zero-order chi connectivity index (χ0) is 12.0. The third-order valence-corrected chi connectivity index (χ3v) is 2.36. The molecule has 1 aromatic rings. The highest BCUT2D eigenvalue weighted by Gasteiger charge is 1.98. The lowest BCUT2D eigenvalue weighted by molar-refractivity contribution is -0.116. The quantitative estimate of drug-likeness (QED) is 0.649. The van der Waals surface area contributed by atoms with Crippen LogP contribution in [0.25, 0.3) is 6.08 Å². The average Bonchev–Trinajstić information content (AvgIpc) is 2.25. The molecular weight excluding hydrogens is 245 g/mol. The number of hydrogen-bond donors (Lipinski definition) is 1. The van der Waals surface area contributed by atoms with Gasteiger partial charge >= 0.3 is 0 Å². The first kappa shape index (κ1) is 12.8. The van der Waals surface area contributed by atoms with E-state index in [1.807, 2.05) is 0 Å². The largest absolute Gasteiger partial charge is 0.349 e. The summed E-state index contributed by atoms with van der Waals surface area (Å²) in [7, 11) is 0. The zero-order valence-corrected chi connectivity index (χ0v) is 10.1. The molecule has 4 heteroatoms. The smallest absolute Gasteiger partial charge is 0.244 e. The second kappa shape index (κ2) is 6.36. The minimum Gasteiger partial charge on any atom is -0.349 e. The van der Waals surface area contributed by atoms with E-state index in [1.54, 1.807) is 30.4 Å². The van der Waals surface area contributed by atoms with Gasteiger partial charge in [0.15, 0.2) is 0 Å². The second-order valence-corrected chi connectivity index (χ2v) is 3.88. The minimum atomic E-state index is -0.189. The van der Waals surface area contributed by atoms with Gasteiger partial charge in [0.05, 0.1) is 0 Å². The van der Waals surface area contributed by atoms with E-state index in [4.69, 9.17) is 23.2 Å². The lowest BCUT2D eigenvalue weighted by Gasteiger charge is -1.99. The Morgan fingerprint density at radius 3 is 2.81 bits per heavy atom. The van der Waals surface area contributed by atoms with E-state index >= 15 is 0 Å². The first-order valence-electron chi connectivity index (χ1n) is 4.65. The Bertz CT molecular complexity index is 427. The third kappa shape index (κ3) is 4.09. The fourth-order valence-electron chi connectivity index (χ4n) is 1.03. The maximum absolute atomic E-state index is 11.2. The zero-order valence-electron chi connectivity index (χ0n) is 8.54. The second-order valence-electron chi connectivity index (χ2n) is 3.03. The summed E-state index contributed by atoms with van der Waals surface area (Å²) >= 11 is 11.7. The topological polar surface area (TPSA) is 29.1 Å². The lowest BCUT2D eigenvalue weighted by atomic mass is 10.2. The van der Waals surface area contributed by atoms with Gasteiger partial charge < -0.3 is 5.32 Å². The Morgan fingerprint density at radius 1 is 1.44 bits per heavy atom. The van der Waals surface area contributed by atoms with Gasteiger partial charge in [-0.05, 0) is 23.8 Å². The van der Waals surface area contributed by atoms with Gasteiger partial charge in [-0.2, -0.15) is 0 Å². The normalized spacial score (nSPS) is 10.4. The van der Waals surface area contributed by atoms with Crippen LogP contribution in [-0.4, -0.2) is 12.5 Å². The monoisotopic (exact) mass is 255 g/mol. The van der Waals surface area contributed by atoms with Gasteiger partial charge in [0.25, 0.3) is 0 Å². The summed E-state index contributed by atoms with van der Waals surface area (Å²) in [5, 5.41) is 3.70. The molecule has 0 aliphatic heterocycles. The van der Waals surface area contributed by atoms with E-state index < -0.39 is 0 Å². The third-order valence-electron chi connectivity index (χ3n) is 1.80. The molecule has 1 aromatic carbocycles. The number of halogens is 2. The van der Waals surface area contributed by atoms with Crippen molar-refractivity contribution in [2.75, 3.05) is 6.54 Å². The molecule has 1 rings (SSSR count). The van der Waals surface area contributed by atoms with Gasteiger partial charge in [0.1, 0.15) is 0 Å². The first-order chi connectivity index (χ1) is 7.63. The Hall–Kier alpha value is -1.25. The molecule has 0 atom stereocenters. The van der Waals surface area contributed by atoms with Crippen LogP contribution in [0.2, 0.25) is 10.0 Å². The van der Waals surface area contributed by atoms with Crippen molar-refractivity contribution < 1.29 is 4.79 Å². The predicted octanol–water partition coefficient (Wildman–Crippen LogP) is 3.31. The van der Waals surface area contributed by atoms with Crippen LogP contribution in [0.4, 0.5) is 0 Å². The lowest BCUT2D eigenvalue weighted by Crippen LogP contribution is -2.20. The molecule has 0 heterocycles. The number of amides is 1. The summed E-state index contributed by atoms with van der Waals surface area (Å²) in [5.41, 5.74) is 0.750. The number of carbonyl (C=O) groups is 1. The van der Waals surface area contributed by atoms with Crippen LogP contribution in [0, 0.1) is 0 Å². The summed E-state index contributed by atoms with van der Waals surface area (Å²) in [5.74, 6) is -0.189. The highest BCUT2D eigenvalue weighted by molar-refractivity contribution is 6.35. The summed E-state index contributed by atoms with van der Waals surface area (Å²) < 4.78 is 0. The van der Waals surface area contributed by atoms with Gasteiger partial charge in [-0.15, -0.1) is 6.58 Å². The molecule has 0 saturated carbocycles. The van der Waals surface area contributed by atoms with Crippen molar-refractivity contribution >= 4 is 35.2 Å². The Labute approximate surface area is 105 Å². The van der Waals surface area contributed by atoms with Crippen LogP contribution < -0.4 is 5.32 Å². The molecule has 16 heavy (non-hydrogen) atoms. The van der Waals surface area contributed by atoms with Crippen molar-refractivity contribution in [3.8, 4) is 0 Å². The summed E-state index contributed by atoms with van der Waals surface area (Å²) in [6, 6.07) is 5.10. The average molecular weight is 256 g/mol. The van der Waals surface area contributed by atoms with Crippen LogP contribution in [0.3, 0.4) is 0 Å². The highest BCUT2D eigenvalue weighted by Crippen LogP contribution is 2.21. The first-order valence-corrected chi connectivity index (χ1v) is 5.41. The van der Waals surface area contributed by atoms with E-state index in [-0.39, 0.29) is 5.91 Å². The molecule has 0 spiro atoms. The minimum absolute atomic E-state index is 0.189. The Kier molecular flexibility index (Phi) is 5.09. The predicted molar refractivity (Wildman–Crippen MR) is 68.7 cm³/mol. The molecule has 1 amide bonds. The SMILES string of the molecule is C=CCNC(=O)/C=C\c1ccc(Cl)cc1Cl. The maximum Gasteiger partial charge on any atom is 0.244 e. The van der Waals surface area contributed by atoms with Crippen LogP contribution in [0.15, 0.2) is 36.9 Å². The summed E-state index contributed by atoms with van der Waals surface area (Å²) in [6.45, 7) is 3.94. The number of hydrogen-bond acceptors (Lipinski definition) is 1. The van der Waals surface area contributed by atoms with Gasteiger partial charge in [-0.3, -0.25) is 4.79 Å². The van der Waals surface area contributed by atoms with E-state index in [9.17, 15) is 4.79 Å². The van der Waals surface area contributed by atoms with Crippen LogP contribution in [0.5, 0.6) is 0 Å². The van der Waals surface area contributed by atoms with Gasteiger partial charge in [0.2, 0.25) is 5.91 Å². The van der Waals surface area contributed by atoms with Crippen molar-refractivity contribution in [2.45, 2.75) is 0 Å². The van der Waals surface area contributed by atoms with Crippen LogP contribution >= 0.6 is 23.2 Å². The van der Waals surface area contributed by atoms with Crippen LogP contribution in [-0.2, 0) is 4.79 Å². The van der Waals surface area contributed by atoms with Gasteiger partial charge in [-0.1, -0.05) is 35.3 Å². The van der Waals surface area contributed by atoms with E-state index in [0.717, 1.165) is 5.56 Å². The molecule has 2 nitrogen and oxygen atoms in total. The Morgan fingerprint density at radius 2 is 2.19 bits per heavy atom. The van der Waals surface area contributed by atoms with E-state index in [0.29, 0.717) is 16.6 Å². The number of nitrogens with one attached hydrogen (secondary N) is 1. The standard InChI is InChI=1S/C12H11Cl2NO/c1-2-7-15-12(16)6-4-9-3-5-10(13)8-11(9)14/h2-6,8H,1,7H2,(H,15,16)/b6-4-.